The summed E-state index contributed by atoms with van der Waals surface area (Å²) in [5.41, 5.74) is 2.58. The van der Waals surface area contributed by atoms with E-state index in [9.17, 15) is 0 Å². The van der Waals surface area contributed by atoms with Crippen LogP contribution in [0.4, 0.5) is 0 Å². The van der Waals surface area contributed by atoms with Crippen molar-refractivity contribution in [1.82, 2.24) is 9.80 Å². The minimum absolute atomic E-state index is 0.299. The first-order chi connectivity index (χ1) is 12.1. The fraction of sp³-hybridized carbons (Fsp3) is 0.333. The Morgan fingerprint density at radius 3 is 2.44 bits per heavy atom. The first-order valence-electron chi connectivity index (χ1n) is 7.99. The van der Waals surface area contributed by atoms with E-state index in [2.05, 4.69) is 77.7 Å². The van der Waals surface area contributed by atoms with E-state index in [0.29, 0.717) is 6.04 Å². The average Bonchev–Trinajstić information content (AvgIpc) is 2.62. The van der Waals surface area contributed by atoms with Crippen molar-refractivity contribution in [2.45, 2.75) is 6.04 Å². The van der Waals surface area contributed by atoms with Crippen LogP contribution in [0.1, 0.15) is 5.56 Å². The van der Waals surface area contributed by atoms with Crippen molar-refractivity contribution in [3.63, 3.8) is 0 Å². The highest BCUT2D eigenvalue weighted by Crippen LogP contribution is 2.23. The van der Waals surface area contributed by atoms with Gasteiger partial charge in [-0.3, -0.25) is 0 Å². The van der Waals surface area contributed by atoms with Crippen LogP contribution in [0, 0.1) is 0 Å². The largest absolute Gasteiger partial charge is 0.503 e. The molecule has 0 saturated carbocycles. The molecule has 1 unspecified atom stereocenters. The Bertz CT molecular complexity index is 596. The van der Waals surface area contributed by atoms with Crippen LogP contribution in [0.25, 0.3) is 5.70 Å². The fourth-order valence-corrected chi connectivity index (χ4v) is 2.73. The smallest absolute Gasteiger partial charge is 0.396 e. The molecule has 1 fully saturated rings. The standard InChI is InChI=1S/C18H22N2O.HIO3/c1-19-10-6-5-9-17(19)15-18(16-7-3-2-4-8-16)20-11-13-21-14-12-20;2-1(3)4/h2-10,15,17H,11-14H2,1H3;2H. The molecule has 1 N–H and O–H groups in total. The molecule has 7 heteroatoms. The Morgan fingerprint density at radius 2 is 1.84 bits per heavy atom. The molecule has 1 atom stereocenters. The number of benzene rings is 1. The van der Waals surface area contributed by atoms with Crippen molar-refractivity contribution in [3.8, 4) is 0 Å². The Balaban J connectivity index is 0.000000511. The zero-order valence-corrected chi connectivity index (χ0v) is 16.3. The van der Waals surface area contributed by atoms with Crippen LogP contribution < -0.4 is 27.9 Å². The summed E-state index contributed by atoms with van der Waals surface area (Å²) in [7, 11) is 2.11. The number of ether oxygens (including phenoxy) is 1. The van der Waals surface area contributed by atoms with Crippen molar-refractivity contribution in [2.75, 3.05) is 33.4 Å². The first-order valence-corrected chi connectivity index (χ1v) is 10.7. The van der Waals surface area contributed by atoms with Crippen LogP contribution in [0.2, 0.25) is 0 Å². The topological polar surface area (TPSA) is 82.1 Å². The Kier molecular flexibility index (Phi) is 8.42. The summed E-state index contributed by atoms with van der Waals surface area (Å²) in [5.74, 6) is 0. The van der Waals surface area contributed by atoms with E-state index in [1.54, 1.807) is 0 Å². The summed E-state index contributed by atoms with van der Waals surface area (Å²) in [5, 5.41) is 0. The van der Waals surface area contributed by atoms with Gasteiger partial charge < -0.3 is 21.4 Å². The van der Waals surface area contributed by atoms with Crippen LogP contribution in [-0.4, -0.2) is 52.6 Å². The Labute approximate surface area is 157 Å². The SMILES string of the molecule is CN1C=CC=CC1C=C(c1ccccc1)N1CCOCC1.[O-][I+2]([O-])O. The highest BCUT2D eigenvalue weighted by Gasteiger charge is 2.18. The van der Waals surface area contributed by atoms with Gasteiger partial charge in [-0.05, 0) is 27.4 Å². The summed E-state index contributed by atoms with van der Waals surface area (Å²) >= 11 is -3.76. The van der Waals surface area contributed by atoms with Crippen LogP contribution in [0.5, 0.6) is 0 Å². The van der Waals surface area contributed by atoms with Crippen LogP contribution in [-0.2, 0) is 4.74 Å². The zero-order valence-electron chi connectivity index (χ0n) is 14.1. The summed E-state index contributed by atoms with van der Waals surface area (Å²) < 4.78 is 30.0. The van der Waals surface area contributed by atoms with E-state index < -0.39 is 21.1 Å². The molecule has 1 aromatic rings. The lowest BCUT2D eigenvalue weighted by Gasteiger charge is -2.33. The number of hydrogen-bond donors (Lipinski definition) is 1. The zero-order chi connectivity index (χ0) is 18.1. The second-order valence-electron chi connectivity index (χ2n) is 5.60. The van der Waals surface area contributed by atoms with Gasteiger partial charge in [0.1, 0.15) is 0 Å². The minimum atomic E-state index is -3.76. The number of morpholine rings is 1. The van der Waals surface area contributed by atoms with Crippen LogP contribution in [0.3, 0.4) is 0 Å². The molecule has 3 rings (SSSR count). The van der Waals surface area contributed by atoms with Crippen molar-refractivity contribution < 1.29 is 36.1 Å². The van der Waals surface area contributed by atoms with Gasteiger partial charge in [0.05, 0.1) is 19.3 Å². The number of likely N-dealkylation sites (N-methyl/N-ethyl adjacent to an activating group) is 1. The maximum atomic E-state index is 8.68. The third-order valence-corrected chi connectivity index (χ3v) is 3.96. The van der Waals surface area contributed by atoms with Crippen molar-refractivity contribution >= 4 is 5.70 Å². The normalized spacial score (nSPS) is 20.5. The highest BCUT2D eigenvalue weighted by atomic mass is 127. The summed E-state index contributed by atoms with van der Waals surface area (Å²) in [6, 6.07) is 10.9. The van der Waals surface area contributed by atoms with Crippen molar-refractivity contribution in [1.29, 1.82) is 0 Å². The second kappa shape index (κ2) is 10.6. The molecular weight excluding hydrogens is 435 g/mol. The third-order valence-electron chi connectivity index (χ3n) is 3.96. The van der Waals surface area contributed by atoms with E-state index in [-0.39, 0.29) is 0 Å². The van der Waals surface area contributed by atoms with Crippen LogP contribution >= 0.6 is 0 Å². The Hall–Kier alpha value is -1.39. The van der Waals surface area contributed by atoms with Gasteiger partial charge in [0.15, 0.2) is 0 Å². The maximum Gasteiger partial charge on any atom is 0.503 e. The Morgan fingerprint density at radius 1 is 1.20 bits per heavy atom. The van der Waals surface area contributed by atoms with Gasteiger partial charge in [-0.1, -0.05) is 42.5 Å². The van der Waals surface area contributed by atoms with Crippen LogP contribution in [0.15, 0.2) is 60.8 Å². The highest BCUT2D eigenvalue weighted by molar-refractivity contribution is 5.65. The van der Waals surface area contributed by atoms with Crippen molar-refractivity contribution in [3.05, 3.63) is 66.4 Å². The first kappa shape index (κ1) is 19.9. The van der Waals surface area contributed by atoms with E-state index in [1.807, 2.05) is 0 Å². The molecular formula is C18H23IN2O4. The molecule has 0 bridgehead atoms. The summed E-state index contributed by atoms with van der Waals surface area (Å²) in [6.45, 7) is 3.52. The third kappa shape index (κ3) is 6.79. The van der Waals surface area contributed by atoms with E-state index in [0.717, 1.165) is 26.3 Å². The molecule has 0 aromatic heterocycles. The fourth-order valence-electron chi connectivity index (χ4n) is 2.73. The van der Waals surface area contributed by atoms with Gasteiger partial charge in [-0.2, -0.15) is 0 Å². The lowest BCUT2D eigenvalue weighted by Crippen LogP contribution is -3.98. The predicted octanol–water partition coefficient (Wildman–Crippen LogP) is -3.19. The van der Waals surface area contributed by atoms with E-state index in [1.165, 1.54) is 11.3 Å². The predicted molar refractivity (Wildman–Crippen MR) is 88.9 cm³/mol. The molecule has 2 aliphatic rings. The number of hydrogen-bond acceptors (Lipinski definition) is 6. The number of rotatable bonds is 3. The lowest BCUT2D eigenvalue weighted by molar-refractivity contribution is -1.63. The maximum absolute atomic E-state index is 8.68. The molecule has 2 heterocycles. The number of halogens is 1. The average molecular weight is 458 g/mol. The van der Waals surface area contributed by atoms with Gasteiger partial charge in [0, 0.05) is 25.8 Å². The molecule has 0 amide bonds. The van der Waals surface area contributed by atoms with Gasteiger partial charge in [0.25, 0.3) is 0 Å². The molecule has 1 saturated heterocycles. The molecule has 25 heavy (non-hydrogen) atoms. The quantitative estimate of drug-likeness (QED) is 0.481. The summed E-state index contributed by atoms with van der Waals surface area (Å²) in [4.78, 5) is 4.65. The molecule has 0 aliphatic carbocycles. The number of nitrogens with zero attached hydrogens (tertiary/aromatic N) is 2. The molecule has 0 radical (unpaired) electrons. The second-order valence-corrected chi connectivity index (χ2v) is 6.75. The van der Waals surface area contributed by atoms with E-state index >= 15 is 0 Å². The number of allylic oxidation sites excluding steroid dienone is 2. The van der Waals surface area contributed by atoms with Gasteiger partial charge in [-0.15, -0.1) is 0 Å². The van der Waals surface area contributed by atoms with Gasteiger partial charge >= 0.3 is 21.1 Å². The van der Waals surface area contributed by atoms with E-state index in [4.69, 9.17) is 15.0 Å². The molecule has 0 spiro atoms. The lowest BCUT2D eigenvalue weighted by atomic mass is 10.1. The summed E-state index contributed by atoms with van der Waals surface area (Å²) in [6.07, 6.45) is 10.9. The molecule has 2 aliphatic heterocycles. The van der Waals surface area contributed by atoms with Crippen molar-refractivity contribution in [2.24, 2.45) is 0 Å². The van der Waals surface area contributed by atoms with Gasteiger partial charge in [0.2, 0.25) is 0 Å². The molecule has 136 valence electrons. The molecule has 1 aromatic carbocycles. The monoisotopic (exact) mass is 458 g/mol. The minimum Gasteiger partial charge on any atom is -0.396 e. The molecule has 6 nitrogen and oxygen atoms in total. The van der Waals surface area contributed by atoms with Gasteiger partial charge in [-0.25, -0.2) is 0 Å².